The third kappa shape index (κ3) is 4.52. The van der Waals surface area contributed by atoms with E-state index in [1.165, 1.54) is 37.1 Å². The maximum absolute atomic E-state index is 13.0. The summed E-state index contributed by atoms with van der Waals surface area (Å²) in [4.78, 5) is 14.6. The van der Waals surface area contributed by atoms with E-state index in [-0.39, 0.29) is 5.91 Å². The topological polar surface area (TPSA) is 55.9 Å². The van der Waals surface area contributed by atoms with Gasteiger partial charge in [-0.25, -0.2) is 0 Å². The van der Waals surface area contributed by atoms with E-state index in [4.69, 9.17) is 9.15 Å². The molecule has 1 aromatic heterocycles. The molecule has 2 heterocycles. The largest absolute Gasteiger partial charge is 0.451 e. The van der Waals surface area contributed by atoms with Gasteiger partial charge >= 0.3 is 0 Å². The Kier molecular flexibility index (Phi) is 6.27. The Bertz CT molecular complexity index is 973. The van der Waals surface area contributed by atoms with Gasteiger partial charge in [-0.05, 0) is 18.6 Å². The van der Waals surface area contributed by atoms with Crippen LogP contribution in [0, 0.1) is 0 Å². The van der Waals surface area contributed by atoms with E-state index in [0.717, 1.165) is 17.5 Å². The lowest BCUT2D eigenvalue weighted by molar-refractivity contribution is -0.901. The Balaban J connectivity index is 1.50. The van der Waals surface area contributed by atoms with Crippen molar-refractivity contribution in [3.63, 3.8) is 0 Å². The van der Waals surface area contributed by atoms with Gasteiger partial charge in [0, 0.05) is 42.5 Å². The molecular weight excluding hydrogens is 364 g/mol. The number of amides is 1. The second kappa shape index (κ2) is 9.25. The Labute approximate surface area is 171 Å². The van der Waals surface area contributed by atoms with E-state index in [2.05, 4.69) is 23.5 Å². The van der Waals surface area contributed by atoms with Crippen molar-refractivity contribution in [2.75, 3.05) is 19.7 Å². The summed E-state index contributed by atoms with van der Waals surface area (Å²) in [5.41, 5.74) is 4.01. The van der Waals surface area contributed by atoms with E-state index in [1.807, 2.05) is 37.3 Å². The third-order valence-electron chi connectivity index (χ3n) is 5.66. The fourth-order valence-electron chi connectivity index (χ4n) is 4.11. The van der Waals surface area contributed by atoms with Crippen LogP contribution in [0.4, 0.5) is 0 Å². The first-order chi connectivity index (χ1) is 14.3. The first kappa shape index (κ1) is 19.7. The van der Waals surface area contributed by atoms with E-state index in [1.54, 1.807) is 4.90 Å². The quantitative estimate of drug-likeness (QED) is 0.618. The Hall–Kier alpha value is -2.63. The molecule has 29 heavy (non-hydrogen) atoms. The summed E-state index contributed by atoms with van der Waals surface area (Å²) in [7, 11) is 0. The molecule has 4 rings (SSSR count). The van der Waals surface area contributed by atoms with Crippen LogP contribution >= 0.6 is 0 Å². The Morgan fingerprint density at radius 2 is 1.79 bits per heavy atom. The second-order valence-corrected chi connectivity index (χ2v) is 7.63. The van der Waals surface area contributed by atoms with Crippen molar-refractivity contribution >= 4 is 16.9 Å². The van der Waals surface area contributed by atoms with Crippen molar-refractivity contribution in [1.29, 1.82) is 0 Å². The van der Waals surface area contributed by atoms with Crippen molar-refractivity contribution in [2.45, 2.75) is 39.5 Å². The van der Waals surface area contributed by atoms with Gasteiger partial charge in [-0.1, -0.05) is 42.5 Å². The standard InChI is InChI=1S/C24H28N2O3/c1-2-28-17-21-20-11-5-6-12-22(20)29-23(21)24(27)25-15-18-9-3-4-10-19(18)16-26-13-7-8-14-26/h3-6,9-12H,2,7-8,13-17H2,1H3,(H,25,27)/p+1. The monoisotopic (exact) mass is 393 g/mol. The van der Waals surface area contributed by atoms with Crippen LogP contribution in [-0.2, 0) is 24.4 Å². The number of para-hydroxylation sites is 1. The van der Waals surface area contributed by atoms with Crippen LogP contribution < -0.4 is 10.2 Å². The summed E-state index contributed by atoms with van der Waals surface area (Å²) in [6, 6.07) is 16.1. The van der Waals surface area contributed by atoms with Crippen LogP contribution in [0.2, 0.25) is 0 Å². The minimum atomic E-state index is -0.195. The Morgan fingerprint density at radius 1 is 1.07 bits per heavy atom. The average molecular weight is 394 g/mol. The molecule has 5 heteroatoms. The molecule has 0 aliphatic carbocycles. The summed E-state index contributed by atoms with van der Waals surface area (Å²) < 4.78 is 11.5. The summed E-state index contributed by atoms with van der Waals surface area (Å²) >= 11 is 0. The zero-order valence-electron chi connectivity index (χ0n) is 17.0. The van der Waals surface area contributed by atoms with E-state index in [9.17, 15) is 4.79 Å². The molecule has 0 atom stereocenters. The van der Waals surface area contributed by atoms with E-state index < -0.39 is 0 Å². The number of furan rings is 1. The molecule has 0 saturated carbocycles. The molecule has 3 aromatic rings. The highest BCUT2D eigenvalue weighted by atomic mass is 16.5. The average Bonchev–Trinajstić information content (AvgIpc) is 3.39. The highest BCUT2D eigenvalue weighted by Crippen LogP contribution is 2.26. The molecule has 0 spiro atoms. The first-order valence-electron chi connectivity index (χ1n) is 10.5. The number of carbonyl (C=O) groups excluding carboxylic acids is 1. The van der Waals surface area contributed by atoms with Crippen LogP contribution in [0.1, 0.15) is 47.0 Å². The molecule has 5 nitrogen and oxygen atoms in total. The van der Waals surface area contributed by atoms with Gasteiger partial charge in [-0.2, -0.15) is 0 Å². The number of rotatable bonds is 8. The fraction of sp³-hybridized carbons (Fsp3) is 0.375. The zero-order chi connectivity index (χ0) is 20.1. The molecule has 152 valence electrons. The van der Waals surface area contributed by atoms with Gasteiger partial charge in [-0.3, -0.25) is 4.79 Å². The highest BCUT2D eigenvalue weighted by Gasteiger charge is 2.21. The molecule has 1 saturated heterocycles. The Morgan fingerprint density at radius 3 is 2.59 bits per heavy atom. The molecule has 2 N–H and O–H groups in total. The van der Waals surface area contributed by atoms with Crippen LogP contribution in [-0.4, -0.2) is 25.6 Å². The fourth-order valence-corrected chi connectivity index (χ4v) is 4.11. The molecule has 1 amide bonds. The highest BCUT2D eigenvalue weighted by molar-refractivity contribution is 5.99. The minimum absolute atomic E-state index is 0.195. The summed E-state index contributed by atoms with van der Waals surface area (Å²) in [6.45, 7) is 6.89. The van der Waals surface area contributed by atoms with Gasteiger partial charge in [0.1, 0.15) is 12.1 Å². The number of ether oxygens (including phenoxy) is 1. The molecule has 1 fully saturated rings. The van der Waals surface area contributed by atoms with Crippen LogP contribution in [0.5, 0.6) is 0 Å². The molecule has 0 unspecified atom stereocenters. The maximum Gasteiger partial charge on any atom is 0.287 e. The van der Waals surface area contributed by atoms with Gasteiger partial charge in [0.25, 0.3) is 5.91 Å². The zero-order valence-corrected chi connectivity index (χ0v) is 17.0. The second-order valence-electron chi connectivity index (χ2n) is 7.63. The predicted molar refractivity (Wildman–Crippen MR) is 113 cm³/mol. The third-order valence-corrected chi connectivity index (χ3v) is 5.66. The number of likely N-dealkylation sites (tertiary alicyclic amines) is 1. The van der Waals surface area contributed by atoms with Gasteiger partial charge in [0.2, 0.25) is 0 Å². The first-order valence-corrected chi connectivity index (χ1v) is 10.5. The lowest BCUT2D eigenvalue weighted by atomic mass is 10.1. The molecule has 1 aliphatic heterocycles. The number of carbonyl (C=O) groups is 1. The summed E-state index contributed by atoms with van der Waals surface area (Å²) in [5, 5.41) is 4.00. The van der Waals surface area contributed by atoms with Gasteiger partial charge < -0.3 is 19.4 Å². The van der Waals surface area contributed by atoms with Gasteiger partial charge in [0.05, 0.1) is 19.7 Å². The number of hydrogen-bond donors (Lipinski definition) is 2. The summed E-state index contributed by atoms with van der Waals surface area (Å²) in [5.74, 6) is 0.154. The number of hydrogen-bond acceptors (Lipinski definition) is 3. The number of benzene rings is 2. The van der Waals surface area contributed by atoms with Crippen molar-refractivity contribution in [2.24, 2.45) is 0 Å². The summed E-state index contributed by atoms with van der Waals surface area (Å²) in [6.07, 6.45) is 2.62. The smallest absolute Gasteiger partial charge is 0.287 e. The minimum Gasteiger partial charge on any atom is -0.451 e. The van der Waals surface area contributed by atoms with Crippen LogP contribution in [0.25, 0.3) is 11.0 Å². The molecular formula is C24H29N2O3+. The van der Waals surface area contributed by atoms with Gasteiger partial charge in [-0.15, -0.1) is 0 Å². The lowest BCUT2D eigenvalue weighted by Gasteiger charge is -2.15. The number of fused-ring (bicyclic) bond motifs is 1. The van der Waals surface area contributed by atoms with E-state index >= 15 is 0 Å². The van der Waals surface area contributed by atoms with Crippen molar-refractivity contribution in [3.8, 4) is 0 Å². The normalized spacial score (nSPS) is 14.5. The SMILES string of the molecule is CCOCc1c(C(=O)NCc2ccccc2C[NH+]2CCCC2)oc2ccccc12. The van der Waals surface area contributed by atoms with Crippen molar-refractivity contribution in [1.82, 2.24) is 5.32 Å². The predicted octanol–water partition coefficient (Wildman–Crippen LogP) is 3.08. The van der Waals surface area contributed by atoms with Crippen molar-refractivity contribution < 1.29 is 18.8 Å². The maximum atomic E-state index is 13.0. The molecule has 0 bridgehead atoms. The van der Waals surface area contributed by atoms with Gasteiger partial charge in [0.15, 0.2) is 5.76 Å². The number of quaternary nitrogens is 1. The molecule has 0 radical (unpaired) electrons. The van der Waals surface area contributed by atoms with Crippen LogP contribution in [0.15, 0.2) is 52.9 Å². The van der Waals surface area contributed by atoms with E-state index in [0.29, 0.717) is 31.1 Å². The molecule has 2 aromatic carbocycles. The molecule has 1 aliphatic rings. The van der Waals surface area contributed by atoms with Crippen LogP contribution in [0.3, 0.4) is 0 Å². The number of nitrogens with one attached hydrogen (secondary N) is 2. The lowest BCUT2D eigenvalue weighted by Crippen LogP contribution is -3.08. The van der Waals surface area contributed by atoms with Crippen molar-refractivity contribution in [3.05, 3.63) is 71.0 Å².